The first-order chi connectivity index (χ1) is 6.22. The van der Waals surface area contributed by atoms with Gasteiger partial charge in [0, 0.05) is 6.08 Å². The van der Waals surface area contributed by atoms with Crippen LogP contribution in [0.3, 0.4) is 0 Å². The van der Waals surface area contributed by atoms with E-state index < -0.39 is 0 Å². The van der Waals surface area contributed by atoms with Crippen molar-refractivity contribution in [3.63, 3.8) is 0 Å². The van der Waals surface area contributed by atoms with E-state index in [1.807, 2.05) is 13.0 Å². The number of hydrogen-bond acceptors (Lipinski definition) is 2. The first-order valence-corrected chi connectivity index (χ1v) is 3.86. The van der Waals surface area contributed by atoms with E-state index in [-0.39, 0.29) is 5.97 Å². The second kappa shape index (κ2) is 13.1. The van der Waals surface area contributed by atoms with Gasteiger partial charge in [-0.2, -0.15) is 0 Å². The lowest BCUT2D eigenvalue weighted by molar-refractivity contribution is -0.136. The van der Waals surface area contributed by atoms with Crippen molar-refractivity contribution >= 4 is 5.97 Å². The van der Waals surface area contributed by atoms with Crippen LogP contribution in [0.5, 0.6) is 0 Å². The van der Waals surface area contributed by atoms with Gasteiger partial charge in [0.2, 0.25) is 0 Å². The van der Waals surface area contributed by atoms with Crippen molar-refractivity contribution in [2.45, 2.75) is 6.92 Å². The van der Waals surface area contributed by atoms with Crippen molar-refractivity contribution in [2.24, 2.45) is 0 Å². The third-order valence-corrected chi connectivity index (χ3v) is 0.891. The second-order valence-electron chi connectivity index (χ2n) is 1.87. The smallest absolute Gasteiger partial charge is 0.330 e. The Morgan fingerprint density at radius 3 is 2.15 bits per heavy atom. The van der Waals surface area contributed by atoms with Gasteiger partial charge in [0.15, 0.2) is 0 Å². The third-order valence-electron chi connectivity index (χ3n) is 0.891. The lowest BCUT2D eigenvalue weighted by Crippen LogP contribution is -1.98. The highest BCUT2D eigenvalue weighted by molar-refractivity contribution is 5.81. The summed E-state index contributed by atoms with van der Waals surface area (Å²) in [5.41, 5.74) is 0. The van der Waals surface area contributed by atoms with Gasteiger partial charge in [0.05, 0.1) is 0 Å². The van der Waals surface area contributed by atoms with Gasteiger partial charge in [-0.15, -0.1) is 0 Å². The maximum Gasteiger partial charge on any atom is 0.330 e. The molecule has 0 aliphatic heterocycles. The van der Waals surface area contributed by atoms with Crippen molar-refractivity contribution in [1.29, 1.82) is 0 Å². The summed E-state index contributed by atoms with van der Waals surface area (Å²) in [6, 6.07) is 0. The number of carbonyl (C=O) groups is 1. The highest BCUT2D eigenvalue weighted by atomic mass is 16.5. The van der Waals surface area contributed by atoms with Gasteiger partial charge >= 0.3 is 5.97 Å². The molecule has 0 unspecified atom stereocenters. The summed E-state index contributed by atoms with van der Waals surface area (Å²) in [6.07, 6.45) is 7.99. The summed E-state index contributed by atoms with van der Waals surface area (Å²) in [4.78, 5) is 10.3. The Morgan fingerprint density at radius 1 is 1.31 bits per heavy atom. The molecule has 0 saturated heterocycles. The fourth-order valence-corrected chi connectivity index (χ4v) is 0.285. The predicted molar refractivity (Wildman–Crippen MR) is 56.4 cm³/mol. The molecule has 0 aliphatic carbocycles. The van der Waals surface area contributed by atoms with Crippen LogP contribution in [0.15, 0.2) is 50.1 Å². The fourth-order valence-electron chi connectivity index (χ4n) is 0.285. The SMILES string of the molecule is C=CC(=O)OCC=CC.C=CC=C. The molecule has 0 atom stereocenters. The number of ether oxygens (including phenoxy) is 1. The molecule has 0 N–H and O–H groups in total. The molecule has 0 amide bonds. The molecule has 13 heavy (non-hydrogen) atoms. The van der Waals surface area contributed by atoms with E-state index >= 15 is 0 Å². The van der Waals surface area contributed by atoms with Crippen LogP contribution in [0, 0.1) is 0 Å². The Balaban J connectivity index is 0. The van der Waals surface area contributed by atoms with Crippen molar-refractivity contribution in [3.05, 3.63) is 50.1 Å². The quantitative estimate of drug-likeness (QED) is 0.288. The first-order valence-electron chi connectivity index (χ1n) is 3.86. The van der Waals surface area contributed by atoms with Crippen molar-refractivity contribution in [2.75, 3.05) is 6.61 Å². The zero-order valence-electron chi connectivity index (χ0n) is 8.03. The highest BCUT2D eigenvalue weighted by Crippen LogP contribution is 1.79. The second-order valence-corrected chi connectivity index (χ2v) is 1.87. The minimum atomic E-state index is -0.381. The van der Waals surface area contributed by atoms with Crippen molar-refractivity contribution in [3.8, 4) is 0 Å². The molecule has 2 nitrogen and oxygen atoms in total. The molecule has 0 spiro atoms. The summed E-state index contributed by atoms with van der Waals surface area (Å²) >= 11 is 0. The van der Waals surface area contributed by atoms with Gasteiger partial charge in [0.25, 0.3) is 0 Å². The molecule has 0 fully saturated rings. The van der Waals surface area contributed by atoms with Gasteiger partial charge in [-0.25, -0.2) is 4.79 Å². The standard InChI is InChI=1S/C7H10O2.C4H6/c1-3-5-6-9-7(8)4-2;1-3-4-2/h3-5H,2,6H2,1H3;3-4H,1-2H2. The minimum absolute atomic E-state index is 0.335. The predicted octanol–water partition coefficient (Wildman–Crippen LogP) is 2.65. The monoisotopic (exact) mass is 180 g/mol. The summed E-state index contributed by atoms with van der Waals surface area (Å²) in [6.45, 7) is 12.2. The first kappa shape index (κ1) is 14.0. The number of esters is 1. The highest BCUT2D eigenvalue weighted by Gasteiger charge is 1.88. The molecule has 0 aromatic rings. The number of rotatable bonds is 4. The van der Waals surface area contributed by atoms with Crippen LogP contribution < -0.4 is 0 Å². The zero-order valence-corrected chi connectivity index (χ0v) is 8.03. The van der Waals surface area contributed by atoms with Crippen molar-refractivity contribution in [1.82, 2.24) is 0 Å². The molecule has 0 heterocycles. The van der Waals surface area contributed by atoms with E-state index in [4.69, 9.17) is 0 Å². The van der Waals surface area contributed by atoms with Crippen LogP contribution in [0.25, 0.3) is 0 Å². The van der Waals surface area contributed by atoms with Gasteiger partial charge in [-0.3, -0.25) is 0 Å². The van der Waals surface area contributed by atoms with Crippen LogP contribution in [0.4, 0.5) is 0 Å². The number of hydrogen-bond donors (Lipinski definition) is 0. The number of carbonyl (C=O) groups excluding carboxylic acids is 1. The zero-order chi connectivity index (χ0) is 10.5. The van der Waals surface area contributed by atoms with Gasteiger partial charge < -0.3 is 4.74 Å². The molecule has 2 heteroatoms. The van der Waals surface area contributed by atoms with E-state index in [1.54, 1.807) is 18.2 Å². The molecule has 0 bridgehead atoms. The molecular formula is C11H16O2. The Hall–Kier alpha value is -1.57. The molecule has 0 aliphatic rings. The molecule has 0 radical (unpaired) electrons. The summed E-state index contributed by atoms with van der Waals surface area (Å²) in [7, 11) is 0. The molecule has 0 aromatic heterocycles. The van der Waals surface area contributed by atoms with Gasteiger partial charge in [0.1, 0.15) is 6.61 Å². The van der Waals surface area contributed by atoms with E-state index in [2.05, 4.69) is 24.5 Å². The lowest BCUT2D eigenvalue weighted by Gasteiger charge is -1.93. The van der Waals surface area contributed by atoms with Crippen LogP contribution in [0.1, 0.15) is 6.92 Å². The minimum Gasteiger partial charge on any atom is -0.458 e. The van der Waals surface area contributed by atoms with E-state index in [0.29, 0.717) is 6.61 Å². The average molecular weight is 180 g/mol. The Bertz CT molecular complexity index is 184. The van der Waals surface area contributed by atoms with Crippen LogP contribution >= 0.6 is 0 Å². The maximum absolute atomic E-state index is 10.3. The van der Waals surface area contributed by atoms with E-state index in [0.717, 1.165) is 6.08 Å². The Labute approximate surface area is 79.9 Å². The molecular weight excluding hydrogens is 164 g/mol. The third kappa shape index (κ3) is 17.9. The summed E-state index contributed by atoms with van der Waals surface area (Å²) in [5.74, 6) is -0.381. The maximum atomic E-state index is 10.3. The van der Waals surface area contributed by atoms with Crippen molar-refractivity contribution < 1.29 is 9.53 Å². The topological polar surface area (TPSA) is 26.3 Å². The average Bonchev–Trinajstić information content (AvgIpc) is 2.18. The van der Waals surface area contributed by atoms with Gasteiger partial charge in [-0.1, -0.05) is 44.0 Å². The normalized spacial score (nSPS) is 8.08. The van der Waals surface area contributed by atoms with Crippen LogP contribution in [0.2, 0.25) is 0 Å². The molecule has 0 saturated carbocycles. The summed E-state index contributed by atoms with van der Waals surface area (Å²) < 4.78 is 4.59. The Kier molecular flexibility index (Phi) is 14.0. The number of allylic oxidation sites excluding steroid dienone is 3. The molecule has 0 aromatic carbocycles. The van der Waals surface area contributed by atoms with E-state index in [9.17, 15) is 4.79 Å². The molecule has 0 rings (SSSR count). The lowest BCUT2D eigenvalue weighted by atomic mass is 10.5. The largest absolute Gasteiger partial charge is 0.458 e. The summed E-state index contributed by atoms with van der Waals surface area (Å²) in [5, 5.41) is 0. The van der Waals surface area contributed by atoms with Gasteiger partial charge in [-0.05, 0) is 6.92 Å². The fraction of sp³-hybridized carbons (Fsp3) is 0.182. The van der Waals surface area contributed by atoms with Crippen LogP contribution in [-0.2, 0) is 9.53 Å². The van der Waals surface area contributed by atoms with Crippen LogP contribution in [-0.4, -0.2) is 12.6 Å². The Morgan fingerprint density at radius 2 is 1.85 bits per heavy atom. The molecule has 72 valence electrons. The van der Waals surface area contributed by atoms with E-state index in [1.165, 1.54) is 0 Å².